The molecule has 2 heteroatoms. The normalized spacial score (nSPS) is 11.6. The van der Waals surface area contributed by atoms with Crippen molar-refractivity contribution in [2.45, 2.75) is 0 Å². The lowest BCUT2D eigenvalue weighted by Crippen LogP contribution is -2.10. The van der Waals surface area contributed by atoms with Crippen LogP contribution in [0.15, 0.2) is 217 Å². The van der Waals surface area contributed by atoms with E-state index in [-0.39, 0.29) is 0 Å². The fourth-order valence-corrected chi connectivity index (χ4v) is 8.55. The fourth-order valence-electron chi connectivity index (χ4n) is 8.55. The molecule has 0 radical (unpaired) electrons. The van der Waals surface area contributed by atoms with Crippen LogP contribution in [0.4, 0.5) is 17.1 Å². The van der Waals surface area contributed by atoms with Gasteiger partial charge in [-0.3, -0.25) is 0 Å². The van der Waals surface area contributed by atoms with Gasteiger partial charge in [0.15, 0.2) is 0 Å². The van der Waals surface area contributed by atoms with Crippen LogP contribution in [-0.4, -0.2) is 0 Å². The summed E-state index contributed by atoms with van der Waals surface area (Å²) in [7, 11) is 0. The summed E-state index contributed by atoms with van der Waals surface area (Å²) in [4.78, 5) is 2.40. The number of fused-ring (bicyclic) bond motifs is 7. The van der Waals surface area contributed by atoms with Gasteiger partial charge in [-0.15, -0.1) is 0 Å². The van der Waals surface area contributed by atoms with Crippen LogP contribution in [0.3, 0.4) is 0 Å². The predicted octanol–water partition coefficient (Wildman–Crippen LogP) is 15.5. The van der Waals surface area contributed by atoms with Crippen molar-refractivity contribution in [1.82, 2.24) is 0 Å². The third-order valence-corrected chi connectivity index (χ3v) is 11.2. The summed E-state index contributed by atoms with van der Waals surface area (Å²) < 4.78 is 6.87. The quantitative estimate of drug-likeness (QED) is 0.160. The van der Waals surface area contributed by atoms with Crippen molar-refractivity contribution in [3.63, 3.8) is 0 Å². The number of para-hydroxylation sites is 1. The van der Waals surface area contributed by atoms with E-state index >= 15 is 0 Å². The zero-order chi connectivity index (χ0) is 37.0. The van der Waals surface area contributed by atoms with Gasteiger partial charge < -0.3 is 9.32 Å². The summed E-state index contributed by atoms with van der Waals surface area (Å²) in [5, 5.41) is 9.52. The molecule has 0 fully saturated rings. The largest absolute Gasteiger partial charge is 0.455 e. The van der Waals surface area contributed by atoms with Crippen LogP contribution in [-0.2, 0) is 0 Å². The SMILES string of the molecule is c1ccc(-c2cccc(-c3ccc(N(c4ccc5c(ccc6ccccc65)c4)c4ccc(-c5cccc6ccccc56)c5oc6ccccc6c45)cc3)c2)cc1. The predicted molar refractivity (Wildman–Crippen MR) is 237 cm³/mol. The molecule has 0 atom stereocenters. The molecule has 0 unspecified atom stereocenters. The molecular formula is C54H35NO. The Morgan fingerprint density at radius 1 is 0.321 bits per heavy atom. The van der Waals surface area contributed by atoms with E-state index in [1.165, 1.54) is 54.6 Å². The van der Waals surface area contributed by atoms with Gasteiger partial charge in [-0.2, -0.15) is 0 Å². The average Bonchev–Trinajstić information content (AvgIpc) is 3.67. The molecule has 0 spiro atoms. The van der Waals surface area contributed by atoms with Gasteiger partial charge in [0.05, 0.1) is 11.1 Å². The molecule has 1 heterocycles. The van der Waals surface area contributed by atoms with Gasteiger partial charge in [0, 0.05) is 22.3 Å². The second kappa shape index (κ2) is 13.2. The molecule has 56 heavy (non-hydrogen) atoms. The Morgan fingerprint density at radius 3 is 1.73 bits per heavy atom. The fraction of sp³-hybridized carbons (Fsp3) is 0. The minimum Gasteiger partial charge on any atom is -0.455 e. The molecule has 0 bridgehead atoms. The third kappa shape index (κ3) is 5.34. The summed E-state index contributed by atoms with van der Waals surface area (Å²) in [5.41, 5.74) is 12.0. The van der Waals surface area contributed by atoms with Gasteiger partial charge in [0.25, 0.3) is 0 Å². The highest BCUT2D eigenvalue weighted by Crippen LogP contribution is 2.47. The number of nitrogens with zero attached hydrogens (tertiary/aromatic N) is 1. The topological polar surface area (TPSA) is 16.4 Å². The Morgan fingerprint density at radius 2 is 0.911 bits per heavy atom. The molecule has 0 aliphatic heterocycles. The molecular weight excluding hydrogens is 679 g/mol. The summed E-state index contributed by atoms with van der Waals surface area (Å²) in [6.07, 6.45) is 0. The average molecular weight is 714 g/mol. The van der Waals surface area contributed by atoms with Crippen LogP contribution < -0.4 is 4.90 Å². The molecule has 11 aromatic rings. The molecule has 0 saturated heterocycles. The van der Waals surface area contributed by atoms with Crippen LogP contribution in [0.25, 0.3) is 87.6 Å². The van der Waals surface area contributed by atoms with E-state index in [0.29, 0.717) is 0 Å². The van der Waals surface area contributed by atoms with E-state index in [0.717, 1.165) is 50.1 Å². The standard InChI is InChI=1S/C54H35NO/c1-2-12-36(13-3-1)40-17-10-18-41(34-40)37-26-28-43(29-27-37)55(44-30-31-47-42(35-44)25-24-39-15-5-6-19-45(39)47)51-33-32-49(48-22-11-16-38-14-4-7-20-46(38)48)54-53(51)50-21-8-9-23-52(50)56-54/h1-35H. The molecule has 11 rings (SSSR count). The van der Waals surface area contributed by atoms with Crippen molar-refractivity contribution < 1.29 is 4.42 Å². The lowest BCUT2D eigenvalue weighted by molar-refractivity contribution is 0.670. The lowest BCUT2D eigenvalue weighted by Gasteiger charge is -2.27. The Labute approximate surface area is 325 Å². The molecule has 0 N–H and O–H groups in total. The monoisotopic (exact) mass is 713 g/mol. The minimum atomic E-state index is 0.870. The molecule has 1 aromatic heterocycles. The molecule has 0 amide bonds. The van der Waals surface area contributed by atoms with Crippen molar-refractivity contribution >= 4 is 71.3 Å². The molecule has 10 aromatic carbocycles. The summed E-state index contributed by atoms with van der Waals surface area (Å²) in [5.74, 6) is 0. The van der Waals surface area contributed by atoms with Gasteiger partial charge in [0.1, 0.15) is 11.2 Å². The van der Waals surface area contributed by atoms with E-state index in [2.05, 4.69) is 217 Å². The van der Waals surface area contributed by atoms with E-state index < -0.39 is 0 Å². The number of hydrogen-bond donors (Lipinski definition) is 0. The van der Waals surface area contributed by atoms with E-state index in [9.17, 15) is 0 Å². The molecule has 0 aliphatic rings. The van der Waals surface area contributed by atoms with Crippen LogP contribution in [0.1, 0.15) is 0 Å². The van der Waals surface area contributed by atoms with Crippen molar-refractivity contribution in [3.8, 4) is 33.4 Å². The number of anilines is 3. The number of furan rings is 1. The zero-order valence-electron chi connectivity index (χ0n) is 30.6. The molecule has 2 nitrogen and oxygen atoms in total. The highest BCUT2D eigenvalue weighted by molar-refractivity contribution is 6.19. The third-order valence-electron chi connectivity index (χ3n) is 11.2. The first-order valence-corrected chi connectivity index (χ1v) is 19.2. The summed E-state index contributed by atoms with van der Waals surface area (Å²) in [6.45, 7) is 0. The number of rotatable bonds is 6. The second-order valence-electron chi connectivity index (χ2n) is 14.5. The van der Waals surface area contributed by atoms with E-state index in [4.69, 9.17) is 4.42 Å². The lowest BCUT2D eigenvalue weighted by atomic mass is 9.95. The number of benzene rings is 10. The van der Waals surface area contributed by atoms with Crippen LogP contribution in [0.2, 0.25) is 0 Å². The van der Waals surface area contributed by atoms with Crippen LogP contribution >= 0.6 is 0 Å². The van der Waals surface area contributed by atoms with Crippen LogP contribution in [0.5, 0.6) is 0 Å². The summed E-state index contributed by atoms with van der Waals surface area (Å²) in [6, 6.07) is 76.4. The first-order valence-electron chi connectivity index (χ1n) is 19.2. The van der Waals surface area contributed by atoms with Crippen molar-refractivity contribution in [1.29, 1.82) is 0 Å². The maximum absolute atomic E-state index is 6.87. The van der Waals surface area contributed by atoms with Gasteiger partial charge in [-0.1, -0.05) is 164 Å². The van der Waals surface area contributed by atoms with Gasteiger partial charge in [-0.05, 0) is 109 Å². The Kier molecular flexibility index (Phi) is 7.53. The van der Waals surface area contributed by atoms with Crippen molar-refractivity contribution in [3.05, 3.63) is 212 Å². The molecule has 0 aliphatic carbocycles. The highest BCUT2D eigenvalue weighted by Gasteiger charge is 2.23. The van der Waals surface area contributed by atoms with Crippen molar-refractivity contribution in [2.75, 3.05) is 4.90 Å². The van der Waals surface area contributed by atoms with Crippen molar-refractivity contribution in [2.24, 2.45) is 0 Å². The second-order valence-corrected chi connectivity index (χ2v) is 14.5. The Hall–Kier alpha value is -7.42. The van der Waals surface area contributed by atoms with Gasteiger partial charge in [0.2, 0.25) is 0 Å². The maximum Gasteiger partial charge on any atom is 0.145 e. The number of hydrogen-bond acceptors (Lipinski definition) is 2. The first-order chi connectivity index (χ1) is 27.8. The minimum absolute atomic E-state index is 0.870. The van der Waals surface area contributed by atoms with Gasteiger partial charge in [-0.25, -0.2) is 0 Å². The van der Waals surface area contributed by atoms with Crippen LogP contribution in [0, 0.1) is 0 Å². The van der Waals surface area contributed by atoms with E-state index in [1.54, 1.807) is 0 Å². The Balaban J connectivity index is 1.13. The summed E-state index contributed by atoms with van der Waals surface area (Å²) >= 11 is 0. The van der Waals surface area contributed by atoms with Gasteiger partial charge >= 0.3 is 0 Å². The highest BCUT2D eigenvalue weighted by atomic mass is 16.3. The first kappa shape index (κ1) is 32.0. The zero-order valence-corrected chi connectivity index (χ0v) is 30.6. The van der Waals surface area contributed by atoms with E-state index in [1.807, 2.05) is 0 Å². The smallest absolute Gasteiger partial charge is 0.145 e. The Bertz CT molecular complexity index is 3240. The maximum atomic E-state index is 6.87. The molecule has 262 valence electrons. The molecule has 0 saturated carbocycles.